The van der Waals surface area contributed by atoms with E-state index in [-0.39, 0.29) is 12.2 Å². The van der Waals surface area contributed by atoms with Crippen LogP contribution < -0.4 is 5.32 Å². The highest BCUT2D eigenvalue weighted by atomic mass is 19.1. The standard InChI is InChI=1S/C17H18FNO2/c1-12-8-9-15(18)14(10-12)16(21)19-17(2,11-20)13-6-4-3-5-7-13/h3-10,20H,11H2,1-2H3,(H,19,21). The van der Waals surface area contributed by atoms with Gasteiger partial charge in [-0.1, -0.05) is 42.0 Å². The van der Waals surface area contributed by atoms with Crippen molar-refractivity contribution in [1.82, 2.24) is 5.32 Å². The van der Waals surface area contributed by atoms with Crippen molar-refractivity contribution in [3.05, 3.63) is 71.0 Å². The third-order valence-electron chi connectivity index (χ3n) is 3.48. The maximum absolute atomic E-state index is 13.8. The van der Waals surface area contributed by atoms with Gasteiger partial charge in [-0.3, -0.25) is 4.79 Å². The summed E-state index contributed by atoms with van der Waals surface area (Å²) < 4.78 is 13.8. The minimum Gasteiger partial charge on any atom is -0.394 e. The molecule has 0 saturated heterocycles. The van der Waals surface area contributed by atoms with Crippen molar-refractivity contribution in [1.29, 1.82) is 0 Å². The topological polar surface area (TPSA) is 49.3 Å². The first-order valence-corrected chi connectivity index (χ1v) is 6.71. The number of hydrogen-bond donors (Lipinski definition) is 2. The predicted octanol–water partition coefficient (Wildman–Crippen LogP) is 2.77. The van der Waals surface area contributed by atoms with Crippen molar-refractivity contribution in [2.45, 2.75) is 19.4 Å². The first kappa shape index (κ1) is 15.2. The van der Waals surface area contributed by atoms with Crippen LogP contribution in [0.4, 0.5) is 4.39 Å². The molecule has 4 heteroatoms. The molecule has 3 nitrogen and oxygen atoms in total. The van der Waals surface area contributed by atoms with Crippen LogP contribution in [-0.2, 0) is 5.54 Å². The summed E-state index contributed by atoms with van der Waals surface area (Å²) in [5.74, 6) is -1.12. The van der Waals surface area contributed by atoms with Crippen molar-refractivity contribution in [3.63, 3.8) is 0 Å². The van der Waals surface area contributed by atoms with Crippen LogP contribution >= 0.6 is 0 Å². The highest BCUT2D eigenvalue weighted by molar-refractivity contribution is 5.95. The molecule has 2 rings (SSSR count). The van der Waals surface area contributed by atoms with Gasteiger partial charge in [0.05, 0.1) is 17.7 Å². The van der Waals surface area contributed by atoms with Crippen LogP contribution in [0.1, 0.15) is 28.4 Å². The number of benzene rings is 2. The Hall–Kier alpha value is -2.20. The first-order chi connectivity index (χ1) is 9.96. The number of carbonyl (C=O) groups is 1. The number of nitrogens with one attached hydrogen (secondary N) is 1. The van der Waals surface area contributed by atoms with Gasteiger partial charge in [-0.25, -0.2) is 4.39 Å². The molecule has 0 aromatic heterocycles. The van der Waals surface area contributed by atoms with Crippen molar-refractivity contribution < 1.29 is 14.3 Å². The third-order valence-corrected chi connectivity index (χ3v) is 3.48. The molecule has 1 atom stereocenters. The van der Waals surface area contributed by atoms with E-state index in [1.807, 2.05) is 30.3 Å². The fourth-order valence-corrected chi connectivity index (χ4v) is 2.14. The van der Waals surface area contributed by atoms with Crippen molar-refractivity contribution >= 4 is 5.91 Å². The highest BCUT2D eigenvalue weighted by Gasteiger charge is 2.29. The lowest BCUT2D eigenvalue weighted by molar-refractivity contribution is 0.0845. The molecule has 2 aromatic rings. The second-order valence-corrected chi connectivity index (χ2v) is 5.29. The molecule has 1 unspecified atom stereocenters. The van der Waals surface area contributed by atoms with E-state index < -0.39 is 17.3 Å². The Balaban J connectivity index is 2.30. The van der Waals surface area contributed by atoms with Crippen LogP contribution in [0.3, 0.4) is 0 Å². The SMILES string of the molecule is Cc1ccc(F)c(C(=O)NC(C)(CO)c2ccccc2)c1. The molecule has 0 aliphatic rings. The van der Waals surface area contributed by atoms with Crippen molar-refractivity contribution in [2.24, 2.45) is 0 Å². The second kappa shape index (κ2) is 6.06. The van der Waals surface area contributed by atoms with E-state index in [0.717, 1.165) is 11.1 Å². The molecule has 0 radical (unpaired) electrons. The summed E-state index contributed by atoms with van der Waals surface area (Å²) in [6.45, 7) is 3.21. The van der Waals surface area contributed by atoms with Crippen molar-refractivity contribution in [2.75, 3.05) is 6.61 Å². The van der Waals surface area contributed by atoms with Gasteiger partial charge in [0, 0.05) is 0 Å². The summed E-state index contributed by atoms with van der Waals surface area (Å²) >= 11 is 0. The van der Waals surface area contributed by atoms with Crippen LogP contribution in [0.25, 0.3) is 0 Å². The van der Waals surface area contributed by atoms with Gasteiger partial charge in [0.25, 0.3) is 5.91 Å². The smallest absolute Gasteiger partial charge is 0.255 e. The van der Waals surface area contributed by atoms with Gasteiger partial charge in [0.2, 0.25) is 0 Å². The normalized spacial score (nSPS) is 13.5. The number of amides is 1. The van der Waals surface area contributed by atoms with E-state index in [1.165, 1.54) is 12.1 Å². The second-order valence-electron chi connectivity index (χ2n) is 5.29. The molecule has 0 spiro atoms. The molecule has 21 heavy (non-hydrogen) atoms. The maximum Gasteiger partial charge on any atom is 0.255 e. The van der Waals surface area contributed by atoms with Crippen LogP contribution in [-0.4, -0.2) is 17.6 Å². The summed E-state index contributed by atoms with van der Waals surface area (Å²) in [6.07, 6.45) is 0. The summed E-state index contributed by atoms with van der Waals surface area (Å²) in [5, 5.41) is 12.4. The molecule has 0 bridgehead atoms. The Labute approximate surface area is 123 Å². The molecule has 0 heterocycles. The zero-order chi connectivity index (χ0) is 15.5. The van der Waals surface area contributed by atoms with Gasteiger partial charge >= 0.3 is 0 Å². The van der Waals surface area contributed by atoms with E-state index in [2.05, 4.69) is 5.32 Å². The van der Waals surface area contributed by atoms with E-state index in [1.54, 1.807) is 19.9 Å². The Bertz CT molecular complexity index is 642. The molecule has 110 valence electrons. The fourth-order valence-electron chi connectivity index (χ4n) is 2.14. The van der Waals surface area contributed by atoms with E-state index in [0.29, 0.717) is 0 Å². The van der Waals surface area contributed by atoms with Gasteiger partial charge in [0.15, 0.2) is 0 Å². The van der Waals surface area contributed by atoms with Gasteiger partial charge in [-0.05, 0) is 31.5 Å². The summed E-state index contributed by atoms with van der Waals surface area (Å²) in [6, 6.07) is 13.5. The number of carbonyl (C=O) groups excluding carboxylic acids is 1. The number of hydrogen-bond acceptors (Lipinski definition) is 2. The number of aliphatic hydroxyl groups excluding tert-OH is 1. The number of halogens is 1. The lowest BCUT2D eigenvalue weighted by atomic mass is 9.92. The summed E-state index contributed by atoms with van der Waals surface area (Å²) in [7, 11) is 0. The minimum absolute atomic E-state index is 0.0226. The van der Waals surface area contributed by atoms with E-state index in [9.17, 15) is 14.3 Å². The number of aliphatic hydroxyl groups is 1. The molecule has 0 saturated carbocycles. The molecule has 2 N–H and O–H groups in total. The first-order valence-electron chi connectivity index (χ1n) is 6.71. The van der Waals surface area contributed by atoms with Gasteiger partial charge < -0.3 is 10.4 Å². The molecule has 0 fully saturated rings. The largest absolute Gasteiger partial charge is 0.394 e. The zero-order valence-electron chi connectivity index (χ0n) is 12.1. The Kier molecular flexibility index (Phi) is 4.38. The van der Waals surface area contributed by atoms with Crippen LogP contribution in [0.2, 0.25) is 0 Å². The van der Waals surface area contributed by atoms with Gasteiger partial charge in [-0.2, -0.15) is 0 Å². The van der Waals surface area contributed by atoms with Crippen molar-refractivity contribution in [3.8, 4) is 0 Å². The van der Waals surface area contributed by atoms with Gasteiger partial charge in [-0.15, -0.1) is 0 Å². The lowest BCUT2D eigenvalue weighted by Gasteiger charge is -2.29. The quantitative estimate of drug-likeness (QED) is 0.908. The van der Waals surface area contributed by atoms with Crippen LogP contribution in [0, 0.1) is 12.7 Å². The maximum atomic E-state index is 13.8. The summed E-state index contributed by atoms with van der Waals surface area (Å²) in [5.41, 5.74) is 0.570. The average Bonchev–Trinajstić information content (AvgIpc) is 2.50. The molecule has 0 aliphatic carbocycles. The third kappa shape index (κ3) is 3.28. The Morgan fingerprint density at radius 3 is 2.52 bits per heavy atom. The minimum atomic E-state index is -0.964. The average molecular weight is 287 g/mol. The highest BCUT2D eigenvalue weighted by Crippen LogP contribution is 2.21. The van der Waals surface area contributed by atoms with Gasteiger partial charge in [0.1, 0.15) is 5.82 Å². The Morgan fingerprint density at radius 1 is 1.24 bits per heavy atom. The Morgan fingerprint density at radius 2 is 1.90 bits per heavy atom. The monoisotopic (exact) mass is 287 g/mol. The molecule has 0 aliphatic heterocycles. The molecular weight excluding hydrogens is 269 g/mol. The van der Waals surface area contributed by atoms with Crippen LogP contribution in [0.5, 0.6) is 0 Å². The van der Waals surface area contributed by atoms with E-state index >= 15 is 0 Å². The van der Waals surface area contributed by atoms with Crippen LogP contribution in [0.15, 0.2) is 48.5 Å². The molecular formula is C17H18FNO2. The lowest BCUT2D eigenvalue weighted by Crippen LogP contribution is -2.46. The fraction of sp³-hybridized carbons (Fsp3) is 0.235. The number of rotatable bonds is 4. The summed E-state index contributed by atoms with van der Waals surface area (Å²) in [4.78, 5) is 12.3. The molecule has 2 aromatic carbocycles. The number of aryl methyl sites for hydroxylation is 1. The molecule has 1 amide bonds. The zero-order valence-corrected chi connectivity index (χ0v) is 12.1. The van der Waals surface area contributed by atoms with E-state index in [4.69, 9.17) is 0 Å². The predicted molar refractivity (Wildman–Crippen MR) is 79.5 cm³/mol.